The Morgan fingerprint density at radius 2 is 1.82 bits per heavy atom. The Kier molecular flexibility index (Phi) is 7.16. The van der Waals surface area contributed by atoms with Crippen LogP contribution in [0.1, 0.15) is 46.0 Å². The summed E-state index contributed by atoms with van der Waals surface area (Å²) in [7, 11) is 1.66. The van der Waals surface area contributed by atoms with Crippen LogP contribution in [0, 0.1) is 0 Å². The lowest BCUT2D eigenvalue weighted by molar-refractivity contribution is -0.124. The second-order valence-corrected chi connectivity index (χ2v) is 11.9. The van der Waals surface area contributed by atoms with Gasteiger partial charge in [-0.05, 0) is 62.7 Å². The van der Waals surface area contributed by atoms with E-state index in [-0.39, 0.29) is 17.9 Å². The van der Waals surface area contributed by atoms with Crippen LogP contribution >= 0.6 is 23.5 Å². The molecule has 2 aromatic rings. The molecule has 3 heterocycles. The Hall–Kier alpha value is -3.24. The van der Waals surface area contributed by atoms with Crippen molar-refractivity contribution in [1.29, 1.82) is 0 Å². The van der Waals surface area contributed by atoms with Crippen LogP contribution in [-0.4, -0.2) is 53.3 Å². The first-order valence-electron chi connectivity index (χ1n) is 13.4. The van der Waals surface area contributed by atoms with Gasteiger partial charge in [0.25, 0.3) is 11.8 Å². The number of fused-ring (bicyclic) bond motifs is 1. The number of rotatable bonds is 5. The van der Waals surface area contributed by atoms with Crippen LogP contribution in [0.2, 0.25) is 0 Å². The minimum absolute atomic E-state index is 0.0219. The molecule has 0 spiro atoms. The molecule has 1 aliphatic carbocycles. The number of amidine groups is 1. The zero-order chi connectivity index (χ0) is 27.1. The highest BCUT2D eigenvalue weighted by molar-refractivity contribution is 8.19. The number of aliphatic imine (C=N–C) groups is 1. The molecule has 202 valence electrons. The third kappa shape index (κ3) is 4.63. The maximum atomic E-state index is 14.1. The van der Waals surface area contributed by atoms with Gasteiger partial charge in [-0.1, -0.05) is 49.2 Å². The molecular formula is C29H31N5O3S2. The van der Waals surface area contributed by atoms with Crippen LogP contribution < -0.4 is 14.6 Å². The Labute approximate surface area is 237 Å². The number of hydrazone groups is 1. The van der Waals surface area contributed by atoms with Crippen molar-refractivity contribution in [3.63, 3.8) is 0 Å². The summed E-state index contributed by atoms with van der Waals surface area (Å²) in [6, 6.07) is 14.7. The first kappa shape index (κ1) is 26.0. The normalized spacial score (nSPS) is 24.7. The van der Waals surface area contributed by atoms with Crippen molar-refractivity contribution >= 4 is 57.6 Å². The molecule has 2 aromatic carbocycles. The summed E-state index contributed by atoms with van der Waals surface area (Å²) in [6.07, 6.45) is 5.24. The van der Waals surface area contributed by atoms with Gasteiger partial charge in [0, 0.05) is 23.5 Å². The molecule has 1 saturated heterocycles. The smallest absolute Gasteiger partial charge is 0.278 e. The zero-order valence-corrected chi connectivity index (χ0v) is 23.9. The molecule has 6 rings (SSSR count). The van der Waals surface area contributed by atoms with Crippen LogP contribution in [-0.2, 0) is 9.59 Å². The number of para-hydroxylation sites is 1. The molecule has 0 unspecified atom stereocenters. The largest absolute Gasteiger partial charge is 0.497 e. The summed E-state index contributed by atoms with van der Waals surface area (Å²) < 4.78 is 5.46. The molecule has 1 saturated carbocycles. The standard InChI is InChI=1S/C29H31N5O3S2/c1-4-32-22-17-21(37-3)15-16-23(22)38-28(32)25-27(36)33(19-11-7-5-8-12-19)29(39-25)30-24-18(2)31-34(26(24)35)20-13-9-6-10-14-20/h6,9-10,13-17,19,24H,4-5,7-8,11-12H2,1-3H3/b28-25-,30-29?/t24-/m1/s1. The molecule has 2 fully saturated rings. The summed E-state index contributed by atoms with van der Waals surface area (Å²) in [5, 5.41) is 7.46. The molecule has 0 bridgehead atoms. The van der Waals surface area contributed by atoms with E-state index in [0.29, 0.717) is 28.0 Å². The predicted octanol–water partition coefficient (Wildman–Crippen LogP) is 5.85. The van der Waals surface area contributed by atoms with Gasteiger partial charge in [-0.3, -0.25) is 14.5 Å². The number of hydrogen-bond acceptors (Lipinski definition) is 8. The lowest BCUT2D eigenvalue weighted by Gasteiger charge is -2.30. The number of nitrogens with zero attached hydrogens (tertiary/aromatic N) is 5. The van der Waals surface area contributed by atoms with Gasteiger partial charge in [0.15, 0.2) is 11.2 Å². The molecule has 10 heteroatoms. The third-order valence-corrected chi connectivity index (χ3v) is 9.88. The number of methoxy groups -OCH3 is 1. The average Bonchev–Trinajstić information content (AvgIpc) is 3.59. The molecule has 39 heavy (non-hydrogen) atoms. The molecule has 1 atom stereocenters. The Bertz CT molecular complexity index is 1400. The molecule has 0 N–H and O–H groups in total. The van der Waals surface area contributed by atoms with E-state index in [1.54, 1.807) is 18.9 Å². The molecule has 3 aliphatic heterocycles. The number of hydrogen-bond donors (Lipinski definition) is 0. The number of carbonyl (C=O) groups excluding carboxylic acids is 2. The van der Waals surface area contributed by atoms with Crippen LogP contribution in [0.5, 0.6) is 5.75 Å². The van der Waals surface area contributed by atoms with Gasteiger partial charge in [0.1, 0.15) is 15.7 Å². The third-order valence-electron chi connectivity index (χ3n) is 7.51. The van der Waals surface area contributed by atoms with Crippen molar-refractivity contribution in [3.05, 3.63) is 58.5 Å². The maximum Gasteiger partial charge on any atom is 0.278 e. The Morgan fingerprint density at radius 1 is 1.05 bits per heavy atom. The predicted molar refractivity (Wildman–Crippen MR) is 158 cm³/mol. The van der Waals surface area contributed by atoms with Crippen molar-refractivity contribution in [1.82, 2.24) is 4.90 Å². The minimum atomic E-state index is -0.754. The number of thioether (sulfide) groups is 2. The Balaban J connectivity index is 1.38. The van der Waals surface area contributed by atoms with E-state index in [0.717, 1.165) is 47.0 Å². The monoisotopic (exact) mass is 561 g/mol. The van der Waals surface area contributed by atoms with Gasteiger partial charge < -0.3 is 9.64 Å². The lowest BCUT2D eigenvalue weighted by Crippen LogP contribution is -2.42. The van der Waals surface area contributed by atoms with Gasteiger partial charge in [0.2, 0.25) is 0 Å². The number of carbonyl (C=O) groups is 2. The van der Waals surface area contributed by atoms with Gasteiger partial charge in [0.05, 0.1) is 24.2 Å². The van der Waals surface area contributed by atoms with E-state index in [2.05, 4.69) is 16.9 Å². The second kappa shape index (κ2) is 10.7. The van der Waals surface area contributed by atoms with E-state index in [1.807, 2.05) is 60.4 Å². The fourth-order valence-corrected chi connectivity index (χ4v) is 7.95. The molecule has 2 amide bonds. The van der Waals surface area contributed by atoms with Gasteiger partial charge in [-0.15, -0.1) is 0 Å². The first-order valence-corrected chi connectivity index (χ1v) is 15.0. The molecule has 0 radical (unpaired) electrons. The summed E-state index contributed by atoms with van der Waals surface area (Å²) in [5.41, 5.74) is 2.37. The topological polar surface area (TPSA) is 77.8 Å². The molecule has 4 aliphatic rings. The quantitative estimate of drug-likeness (QED) is 0.426. The van der Waals surface area contributed by atoms with E-state index >= 15 is 0 Å². The van der Waals surface area contributed by atoms with Crippen LogP contribution in [0.15, 0.2) is 73.5 Å². The summed E-state index contributed by atoms with van der Waals surface area (Å²) in [6.45, 7) is 4.63. The first-order chi connectivity index (χ1) is 19.0. The fraction of sp³-hybridized carbons (Fsp3) is 0.379. The molecular weight excluding hydrogens is 530 g/mol. The van der Waals surface area contributed by atoms with E-state index in [9.17, 15) is 9.59 Å². The lowest BCUT2D eigenvalue weighted by atomic mass is 9.94. The van der Waals surface area contributed by atoms with Crippen LogP contribution in [0.4, 0.5) is 11.4 Å². The molecule has 8 nitrogen and oxygen atoms in total. The summed E-state index contributed by atoms with van der Waals surface area (Å²) in [4.78, 5) is 38.4. The minimum Gasteiger partial charge on any atom is -0.497 e. The zero-order valence-electron chi connectivity index (χ0n) is 22.3. The highest BCUT2D eigenvalue weighted by Gasteiger charge is 2.44. The van der Waals surface area contributed by atoms with Crippen LogP contribution in [0.3, 0.4) is 0 Å². The van der Waals surface area contributed by atoms with Crippen molar-refractivity contribution in [3.8, 4) is 5.75 Å². The summed E-state index contributed by atoms with van der Waals surface area (Å²) in [5.74, 6) is 0.563. The fourth-order valence-electron chi connectivity index (χ4n) is 5.51. The number of ether oxygens (including phenoxy) is 1. The van der Waals surface area contributed by atoms with Gasteiger partial charge in [-0.2, -0.15) is 10.1 Å². The second-order valence-electron chi connectivity index (χ2n) is 9.92. The summed E-state index contributed by atoms with van der Waals surface area (Å²) >= 11 is 3.00. The van der Waals surface area contributed by atoms with E-state index < -0.39 is 6.04 Å². The highest BCUT2D eigenvalue weighted by Crippen LogP contribution is 2.52. The van der Waals surface area contributed by atoms with Gasteiger partial charge in [-0.25, -0.2) is 4.99 Å². The van der Waals surface area contributed by atoms with Gasteiger partial charge >= 0.3 is 0 Å². The SMILES string of the molecule is CCN1/C(=C2/SC(=N[C@H]3C(=O)N(c4ccccc4)N=C3C)N(C3CCCCC3)C2=O)Sc2ccc(OC)cc21. The van der Waals surface area contributed by atoms with E-state index in [1.165, 1.54) is 23.2 Å². The van der Waals surface area contributed by atoms with Crippen molar-refractivity contribution in [2.24, 2.45) is 10.1 Å². The Morgan fingerprint density at radius 3 is 2.54 bits per heavy atom. The van der Waals surface area contributed by atoms with Crippen molar-refractivity contribution in [2.75, 3.05) is 23.6 Å². The highest BCUT2D eigenvalue weighted by atomic mass is 32.2. The molecule has 0 aromatic heterocycles. The van der Waals surface area contributed by atoms with E-state index in [4.69, 9.17) is 9.73 Å². The van der Waals surface area contributed by atoms with Crippen LogP contribution in [0.25, 0.3) is 0 Å². The number of benzene rings is 2. The van der Waals surface area contributed by atoms with Crippen molar-refractivity contribution in [2.45, 2.75) is 62.9 Å². The van der Waals surface area contributed by atoms with Crippen molar-refractivity contribution < 1.29 is 14.3 Å². The average molecular weight is 562 g/mol. The number of amides is 2. The number of anilines is 2. The maximum absolute atomic E-state index is 14.1.